The number of hydrogen-bond acceptors (Lipinski definition) is 4. The van der Waals surface area contributed by atoms with Crippen LogP contribution in [0.1, 0.15) is 34.1 Å². The highest BCUT2D eigenvalue weighted by molar-refractivity contribution is 8.04. The average Bonchev–Trinajstić information content (AvgIpc) is 2.97. The number of fused-ring (bicyclic) bond motifs is 1. The molecule has 24 heavy (non-hydrogen) atoms. The number of rotatable bonds is 7. The highest BCUT2D eigenvalue weighted by Crippen LogP contribution is 2.28. The van der Waals surface area contributed by atoms with Crippen LogP contribution in [0.2, 0.25) is 0 Å². The van der Waals surface area contributed by atoms with Gasteiger partial charge in [0.1, 0.15) is 5.71 Å². The van der Waals surface area contributed by atoms with E-state index in [2.05, 4.69) is 19.2 Å². The van der Waals surface area contributed by atoms with Gasteiger partial charge in [0.2, 0.25) is 0 Å². The number of urea groups is 1. The number of thioether (sulfide) groups is 1. The van der Waals surface area contributed by atoms with E-state index in [1.165, 1.54) is 21.2 Å². The second-order valence-corrected chi connectivity index (χ2v) is 8.00. The van der Waals surface area contributed by atoms with Crippen LogP contribution < -0.4 is 5.32 Å². The van der Waals surface area contributed by atoms with E-state index in [1.54, 1.807) is 6.08 Å². The van der Waals surface area contributed by atoms with Gasteiger partial charge in [0.25, 0.3) is 5.91 Å². The second kappa shape index (κ2) is 7.96. The van der Waals surface area contributed by atoms with Crippen LogP contribution >= 0.6 is 11.8 Å². The number of nitrogens with zero attached hydrogens (tertiary/aromatic N) is 2. The van der Waals surface area contributed by atoms with Gasteiger partial charge in [-0.15, -0.1) is 11.8 Å². The quantitative estimate of drug-likeness (QED) is 0.710. The van der Waals surface area contributed by atoms with Gasteiger partial charge in [-0.25, -0.2) is 4.79 Å². The normalized spacial score (nSPS) is 20.4. The first-order valence-corrected chi connectivity index (χ1v) is 9.34. The monoisotopic (exact) mass is 352 g/mol. The van der Waals surface area contributed by atoms with Crippen molar-refractivity contribution < 1.29 is 19.0 Å². The molecule has 0 aliphatic carbocycles. The SMILES string of the molecule is CC(C)CCNC(=O)C[N+]1=C2C=CSC2C(=O)N(CC(C)C)C1=O. The van der Waals surface area contributed by atoms with E-state index in [0.29, 0.717) is 24.7 Å². The molecule has 0 aromatic rings. The van der Waals surface area contributed by atoms with E-state index in [-0.39, 0.29) is 24.3 Å². The van der Waals surface area contributed by atoms with E-state index in [0.717, 1.165) is 6.42 Å². The van der Waals surface area contributed by atoms with Gasteiger partial charge in [-0.2, -0.15) is 14.3 Å². The largest absolute Gasteiger partial charge is 0.501 e. The van der Waals surface area contributed by atoms with Crippen LogP contribution in [-0.2, 0) is 9.59 Å². The fourth-order valence-corrected chi connectivity index (χ4v) is 3.61. The third-order valence-electron chi connectivity index (χ3n) is 3.88. The summed E-state index contributed by atoms with van der Waals surface area (Å²) in [7, 11) is 0. The maximum atomic E-state index is 12.7. The number of imide groups is 1. The van der Waals surface area contributed by atoms with Crippen molar-refractivity contribution in [2.24, 2.45) is 11.8 Å². The average molecular weight is 352 g/mol. The van der Waals surface area contributed by atoms with Crippen molar-refractivity contribution in [2.45, 2.75) is 39.4 Å². The summed E-state index contributed by atoms with van der Waals surface area (Å²) in [5.41, 5.74) is 0.619. The number of nitrogens with one attached hydrogen (secondary N) is 1. The standard InChI is InChI=1S/C17H25N3O3S/c1-11(2)5-7-18-14(21)10-19-13-6-8-24-15(13)16(22)20(17(19)23)9-12(3)4/h6,8,11-12,15H,5,7,9-10H2,1-4H3/p+1. The van der Waals surface area contributed by atoms with Crippen molar-refractivity contribution in [3.63, 3.8) is 0 Å². The Labute approximate surface area is 147 Å². The molecule has 7 heteroatoms. The van der Waals surface area contributed by atoms with Crippen LogP contribution in [0.3, 0.4) is 0 Å². The fraction of sp³-hybridized carbons (Fsp3) is 0.647. The maximum absolute atomic E-state index is 12.7. The van der Waals surface area contributed by atoms with Gasteiger partial charge >= 0.3 is 11.9 Å². The number of allylic oxidation sites excluding steroid dienone is 1. The van der Waals surface area contributed by atoms with Gasteiger partial charge in [-0.3, -0.25) is 4.79 Å². The topological polar surface area (TPSA) is 69.5 Å². The molecule has 2 heterocycles. The Morgan fingerprint density at radius 1 is 1.29 bits per heavy atom. The van der Waals surface area contributed by atoms with Crippen LogP contribution in [0.4, 0.5) is 4.79 Å². The van der Waals surface area contributed by atoms with Crippen LogP contribution in [0.5, 0.6) is 0 Å². The van der Waals surface area contributed by atoms with Gasteiger partial charge in [0.15, 0.2) is 11.8 Å². The van der Waals surface area contributed by atoms with Crippen molar-refractivity contribution in [3.05, 3.63) is 11.5 Å². The lowest BCUT2D eigenvalue weighted by Crippen LogP contribution is -2.57. The lowest BCUT2D eigenvalue weighted by atomic mass is 10.1. The molecule has 2 aliphatic rings. The predicted molar refractivity (Wildman–Crippen MR) is 95.1 cm³/mol. The van der Waals surface area contributed by atoms with E-state index in [9.17, 15) is 14.4 Å². The third kappa shape index (κ3) is 4.26. The van der Waals surface area contributed by atoms with Crippen LogP contribution in [0.15, 0.2) is 11.5 Å². The molecule has 0 saturated heterocycles. The number of carbonyl (C=O) groups is 3. The van der Waals surface area contributed by atoms with E-state index >= 15 is 0 Å². The van der Waals surface area contributed by atoms with Crippen LogP contribution in [0.25, 0.3) is 0 Å². The molecule has 132 valence electrons. The Kier molecular flexibility index (Phi) is 6.21. The zero-order chi connectivity index (χ0) is 17.9. The van der Waals surface area contributed by atoms with Gasteiger partial charge in [0.05, 0.1) is 6.54 Å². The molecular formula is C17H26N3O3S+. The number of hydrogen-bond donors (Lipinski definition) is 1. The molecule has 1 atom stereocenters. The molecule has 0 aromatic carbocycles. The molecule has 0 aromatic heterocycles. The Bertz CT molecular complexity index is 596. The molecule has 2 rings (SSSR count). The Morgan fingerprint density at radius 2 is 2.00 bits per heavy atom. The molecular weight excluding hydrogens is 326 g/mol. The molecule has 2 aliphatic heterocycles. The van der Waals surface area contributed by atoms with Gasteiger partial charge in [-0.05, 0) is 29.7 Å². The molecule has 0 radical (unpaired) electrons. The molecule has 0 bridgehead atoms. The van der Waals surface area contributed by atoms with E-state index < -0.39 is 11.3 Å². The Hall–Kier alpha value is -1.63. The molecule has 0 spiro atoms. The summed E-state index contributed by atoms with van der Waals surface area (Å²) in [6.45, 7) is 9.03. The van der Waals surface area contributed by atoms with E-state index in [4.69, 9.17) is 0 Å². The summed E-state index contributed by atoms with van der Waals surface area (Å²) < 4.78 is 1.44. The Balaban J connectivity index is 2.14. The third-order valence-corrected chi connectivity index (χ3v) is 4.89. The van der Waals surface area contributed by atoms with Crippen molar-refractivity contribution in [3.8, 4) is 0 Å². The predicted octanol–water partition coefficient (Wildman–Crippen LogP) is 1.85. The summed E-state index contributed by atoms with van der Waals surface area (Å²) in [6.07, 6.45) is 2.66. The lowest BCUT2D eigenvalue weighted by Gasteiger charge is -2.25. The van der Waals surface area contributed by atoms with Gasteiger partial charge < -0.3 is 5.32 Å². The van der Waals surface area contributed by atoms with Gasteiger partial charge in [0, 0.05) is 6.54 Å². The highest BCUT2D eigenvalue weighted by Gasteiger charge is 2.49. The van der Waals surface area contributed by atoms with Crippen molar-refractivity contribution >= 4 is 35.3 Å². The Morgan fingerprint density at radius 3 is 2.62 bits per heavy atom. The zero-order valence-electron chi connectivity index (χ0n) is 14.7. The summed E-state index contributed by atoms with van der Waals surface area (Å²) >= 11 is 1.39. The van der Waals surface area contributed by atoms with Crippen LogP contribution in [-0.4, -0.2) is 57.9 Å². The van der Waals surface area contributed by atoms with Crippen molar-refractivity contribution in [1.29, 1.82) is 0 Å². The first-order valence-electron chi connectivity index (χ1n) is 8.39. The smallest absolute Gasteiger partial charge is 0.353 e. The summed E-state index contributed by atoms with van der Waals surface area (Å²) in [4.78, 5) is 38.7. The zero-order valence-corrected chi connectivity index (χ0v) is 15.6. The lowest BCUT2D eigenvalue weighted by molar-refractivity contribution is -0.426. The summed E-state index contributed by atoms with van der Waals surface area (Å²) in [6, 6.07) is -0.397. The fourth-order valence-electron chi connectivity index (χ4n) is 2.64. The highest BCUT2D eigenvalue weighted by atomic mass is 32.2. The molecule has 1 N–H and O–H groups in total. The summed E-state index contributed by atoms with van der Waals surface area (Å²) in [5.74, 6) is 0.309. The van der Waals surface area contributed by atoms with Crippen molar-refractivity contribution in [1.82, 2.24) is 10.2 Å². The minimum absolute atomic E-state index is 0.0461. The number of amides is 4. The molecule has 4 amide bonds. The first kappa shape index (κ1) is 18.7. The molecule has 1 unspecified atom stereocenters. The second-order valence-electron chi connectivity index (χ2n) is 6.99. The summed E-state index contributed by atoms with van der Waals surface area (Å²) in [5, 5.41) is 4.25. The number of carbonyl (C=O) groups excluding carboxylic acids is 3. The van der Waals surface area contributed by atoms with Gasteiger partial charge in [-0.1, -0.05) is 27.7 Å². The minimum atomic E-state index is -0.412. The molecule has 6 nitrogen and oxygen atoms in total. The van der Waals surface area contributed by atoms with Crippen molar-refractivity contribution in [2.75, 3.05) is 19.6 Å². The van der Waals surface area contributed by atoms with E-state index in [1.807, 2.05) is 19.3 Å². The first-order chi connectivity index (χ1) is 11.3. The van der Waals surface area contributed by atoms with Crippen LogP contribution in [0, 0.1) is 11.8 Å². The molecule has 0 fully saturated rings. The molecule has 0 saturated carbocycles. The maximum Gasteiger partial charge on any atom is 0.501 e. The minimum Gasteiger partial charge on any atom is -0.353 e.